The summed E-state index contributed by atoms with van der Waals surface area (Å²) < 4.78 is 0. The third-order valence-electron chi connectivity index (χ3n) is 5.55. The van der Waals surface area contributed by atoms with Gasteiger partial charge in [0.15, 0.2) is 0 Å². The van der Waals surface area contributed by atoms with E-state index in [9.17, 15) is 9.59 Å². The van der Waals surface area contributed by atoms with Crippen molar-refractivity contribution < 1.29 is 14.7 Å². The van der Waals surface area contributed by atoms with E-state index in [-0.39, 0.29) is 12.2 Å². The van der Waals surface area contributed by atoms with Gasteiger partial charge in [0.1, 0.15) is 11.8 Å². The predicted molar refractivity (Wildman–Crippen MR) is 117 cm³/mol. The lowest BCUT2D eigenvalue weighted by atomic mass is 9.99. The molecule has 5 N–H and O–H groups in total. The molecule has 0 aromatic heterocycles. The average Bonchev–Trinajstić information content (AvgIpc) is 2.68. The lowest BCUT2D eigenvalue weighted by Gasteiger charge is -2.12. The Morgan fingerprint density at radius 1 is 0.643 bits per heavy atom. The number of aliphatic carboxylic acids is 1. The molecule has 2 atom stereocenters. The Balaban J connectivity index is 3.34. The van der Waals surface area contributed by atoms with Crippen molar-refractivity contribution in [2.75, 3.05) is 0 Å². The summed E-state index contributed by atoms with van der Waals surface area (Å²) in [5.41, 5.74) is 11.3. The van der Waals surface area contributed by atoms with E-state index in [1.165, 1.54) is 83.5 Å². The highest BCUT2D eigenvalue weighted by Crippen LogP contribution is 2.14. The van der Waals surface area contributed by atoms with Gasteiger partial charge in [-0.1, -0.05) is 96.8 Å². The maximum absolute atomic E-state index is 11.9. The van der Waals surface area contributed by atoms with Crippen LogP contribution in [0.1, 0.15) is 122 Å². The second kappa shape index (κ2) is 19.4. The highest BCUT2D eigenvalue weighted by molar-refractivity contribution is 5.83. The van der Waals surface area contributed by atoms with Crippen molar-refractivity contribution in [2.24, 2.45) is 11.5 Å². The van der Waals surface area contributed by atoms with E-state index in [1.807, 2.05) is 0 Å². The van der Waals surface area contributed by atoms with Crippen LogP contribution in [0.5, 0.6) is 0 Å². The van der Waals surface area contributed by atoms with Crippen LogP contribution in [0.15, 0.2) is 0 Å². The molecule has 0 saturated heterocycles. The molecular weight excluding hydrogens is 352 g/mol. The second-order valence-electron chi connectivity index (χ2n) is 8.29. The molecule has 166 valence electrons. The van der Waals surface area contributed by atoms with Crippen LogP contribution >= 0.6 is 0 Å². The molecule has 28 heavy (non-hydrogen) atoms. The number of rotatable bonds is 21. The summed E-state index contributed by atoms with van der Waals surface area (Å²) in [5, 5.41) is 8.73. The number of unbranched alkanes of at least 4 members (excludes halogenated alkanes) is 14. The summed E-state index contributed by atoms with van der Waals surface area (Å²) >= 11 is 0. The van der Waals surface area contributed by atoms with Crippen molar-refractivity contribution in [2.45, 2.75) is 135 Å². The Hall–Kier alpha value is -0.940. The number of hydrogen-bond donors (Lipinski definition) is 3. The van der Waals surface area contributed by atoms with Crippen molar-refractivity contribution in [3.8, 4) is 0 Å². The van der Waals surface area contributed by atoms with E-state index < -0.39 is 18.1 Å². The van der Waals surface area contributed by atoms with Crippen LogP contribution in [-0.4, -0.2) is 28.9 Å². The first-order valence-corrected chi connectivity index (χ1v) is 11.8. The zero-order valence-electron chi connectivity index (χ0n) is 18.3. The van der Waals surface area contributed by atoms with Gasteiger partial charge in [0, 0.05) is 6.42 Å². The van der Waals surface area contributed by atoms with Crippen molar-refractivity contribution in [1.29, 1.82) is 0 Å². The first-order chi connectivity index (χ1) is 13.5. The maximum atomic E-state index is 11.9. The van der Waals surface area contributed by atoms with Crippen molar-refractivity contribution in [1.82, 2.24) is 0 Å². The molecule has 0 amide bonds. The molecule has 0 radical (unpaired) electrons. The number of carbonyl (C=O) groups is 2. The van der Waals surface area contributed by atoms with Crippen LogP contribution < -0.4 is 11.5 Å². The van der Waals surface area contributed by atoms with Gasteiger partial charge in [0.05, 0.1) is 6.04 Å². The molecule has 0 rings (SSSR count). The highest BCUT2D eigenvalue weighted by atomic mass is 16.4. The standard InChI is InChI=1S/C23H46N2O3/c1-2-3-4-5-6-7-8-9-10-11-12-13-14-15-16-17-22(26)20(24)18-19-21(25)23(27)28/h20-21H,2-19,24-25H2,1H3,(H,27,28)/t20?,21-/m0/s1. The predicted octanol–water partition coefficient (Wildman–Crippen LogP) is 5.34. The average molecular weight is 399 g/mol. The van der Waals surface area contributed by atoms with E-state index in [2.05, 4.69) is 6.92 Å². The number of Topliss-reactive ketones (excluding diaryl/α,β-unsaturated/α-hetero) is 1. The SMILES string of the molecule is CCCCCCCCCCCCCCCCCC(=O)C(N)CC[C@H](N)C(=O)O. The summed E-state index contributed by atoms with van der Waals surface area (Å²) in [7, 11) is 0. The van der Waals surface area contributed by atoms with Gasteiger partial charge < -0.3 is 16.6 Å². The Morgan fingerprint density at radius 3 is 1.39 bits per heavy atom. The molecule has 0 aromatic carbocycles. The summed E-state index contributed by atoms with van der Waals surface area (Å²) in [4.78, 5) is 22.6. The van der Waals surface area contributed by atoms with E-state index in [0.717, 1.165) is 12.8 Å². The minimum atomic E-state index is -1.04. The fourth-order valence-corrected chi connectivity index (χ4v) is 3.50. The largest absolute Gasteiger partial charge is 0.480 e. The summed E-state index contributed by atoms with van der Waals surface area (Å²) in [5.74, 6) is -1.01. The van der Waals surface area contributed by atoms with Gasteiger partial charge in [-0.2, -0.15) is 0 Å². The number of nitrogens with two attached hydrogens (primary N) is 2. The second-order valence-corrected chi connectivity index (χ2v) is 8.29. The van der Waals surface area contributed by atoms with Crippen LogP contribution in [0.4, 0.5) is 0 Å². The van der Waals surface area contributed by atoms with E-state index in [1.54, 1.807) is 0 Å². The van der Waals surface area contributed by atoms with Gasteiger partial charge >= 0.3 is 5.97 Å². The topological polar surface area (TPSA) is 106 Å². The summed E-state index contributed by atoms with van der Waals surface area (Å²) in [6.45, 7) is 2.26. The normalized spacial score (nSPS) is 13.4. The maximum Gasteiger partial charge on any atom is 0.320 e. The molecule has 0 saturated carbocycles. The first-order valence-electron chi connectivity index (χ1n) is 11.8. The van der Waals surface area contributed by atoms with Gasteiger partial charge in [0.25, 0.3) is 0 Å². The highest BCUT2D eigenvalue weighted by Gasteiger charge is 2.17. The summed E-state index contributed by atoms with van der Waals surface area (Å²) in [6, 6.07) is -1.50. The number of hydrogen-bond acceptors (Lipinski definition) is 4. The quantitative estimate of drug-likeness (QED) is 0.226. The lowest BCUT2D eigenvalue weighted by Crippen LogP contribution is -2.35. The van der Waals surface area contributed by atoms with Gasteiger partial charge in [-0.05, 0) is 19.3 Å². The van der Waals surface area contributed by atoms with Gasteiger partial charge in [-0.15, -0.1) is 0 Å². The molecule has 0 heterocycles. The third-order valence-corrected chi connectivity index (χ3v) is 5.55. The molecule has 0 aromatic rings. The molecule has 0 bridgehead atoms. The molecule has 0 fully saturated rings. The Morgan fingerprint density at radius 2 is 1.00 bits per heavy atom. The number of carboxylic acid groups (broad SMARTS) is 1. The van der Waals surface area contributed by atoms with Crippen molar-refractivity contribution >= 4 is 11.8 Å². The van der Waals surface area contributed by atoms with Crippen molar-refractivity contribution in [3.05, 3.63) is 0 Å². The smallest absolute Gasteiger partial charge is 0.320 e. The number of carboxylic acids is 1. The zero-order chi connectivity index (χ0) is 21.0. The van der Waals surface area contributed by atoms with Crippen LogP contribution in [-0.2, 0) is 9.59 Å². The fraction of sp³-hybridized carbons (Fsp3) is 0.913. The van der Waals surface area contributed by atoms with Crippen LogP contribution in [0.3, 0.4) is 0 Å². The van der Waals surface area contributed by atoms with Gasteiger partial charge in [0.2, 0.25) is 0 Å². The molecule has 1 unspecified atom stereocenters. The number of ketones is 1. The Labute approximate surface area is 173 Å². The molecule has 0 aliphatic carbocycles. The fourth-order valence-electron chi connectivity index (χ4n) is 3.50. The minimum absolute atomic E-state index is 0.0345. The zero-order valence-corrected chi connectivity index (χ0v) is 18.3. The Kier molecular flexibility index (Phi) is 18.7. The summed E-state index contributed by atoms with van der Waals surface area (Å²) in [6.07, 6.45) is 20.6. The van der Waals surface area contributed by atoms with Crippen LogP contribution in [0, 0.1) is 0 Å². The molecular formula is C23H46N2O3. The van der Waals surface area contributed by atoms with E-state index >= 15 is 0 Å². The molecule has 5 heteroatoms. The monoisotopic (exact) mass is 398 g/mol. The first kappa shape index (κ1) is 27.1. The molecule has 0 spiro atoms. The number of carbonyl (C=O) groups excluding carboxylic acids is 1. The van der Waals surface area contributed by atoms with Crippen LogP contribution in [0.25, 0.3) is 0 Å². The molecule has 5 nitrogen and oxygen atoms in total. The van der Waals surface area contributed by atoms with Crippen LogP contribution in [0.2, 0.25) is 0 Å². The molecule has 0 aliphatic rings. The Bertz CT molecular complexity index is 388. The van der Waals surface area contributed by atoms with Gasteiger partial charge in [-0.3, -0.25) is 9.59 Å². The lowest BCUT2D eigenvalue weighted by molar-refractivity contribution is -0.138. The third kappa shape index (κ3) is 17.2. The van der Waals surface area contributed by atoms with Gasteiger partial charge in [-0.25, -0.2) is 0 Å². The van der Waals surface area contributed by atoms with Crippen molar-refractivity contribution in [3.63, 3.8) is 0 Å². The van der Waals surface area contributed by atoms with E-state index in [0.29, 0.717) is 12.8 Å². The molecule has 0 aliphatic heterocycles. The minimum Gasteiger partial charge on any atom is -0.480 e. The van der Waals surface area contributed by atoms with E-state index in [4.69, 9.17) is 16.6 Å².